The Bertz CT molecular complexity index is 493. The zero-order valence-electron chi connectivity index (χ0n) is 14.8. The number of halogens is 1. The van der Waals surface area contributed by atoms with E-state index in [1.165, 1.54) is 63.4 Å². The van der Waals surface area contributed by atoms with E-state index in [2.05, 4.69) is 0 Å². The molecule has 0 N–H and O–H groups in total. The van der Waals surface area contributed by atoms with Crippen LogP contribution in [0.5, 0.6) is 0 Å². The predicted octanol–water partition coefficient (Wildman–Crippen LogP) is 6.28. The first-order valence-corrected chi connectivity index (χ1v) is 9.95. The molecule has 24 heavy (non-hydrogen) atoms. The predicted molar refractivity (Wildman–Crippen MR) is 96.5 cm³/mol. The van der Waals surface area contributed by atoms with Crippen molar-refractivity contribution in [3.8, 4) is 0 Å². The standard InChI is InChI=1S/C22H31FO/c23-22-14-12-21(13-15-22)20-10-8-19(9-11-20)18-6-4-17(5-7-18)3-1-2-16-24/h12-20H,1-11H2. The minimum Gasteiger partial charge on any atom is -0.303 e. The lowest BCUT2D eigenvalue weighted by Gasteiger charge is -2.38. The Labute approximate surface area is 146 Å². The Balaban J connectivity index is 1.41. The molecule has 0 aliphatic heterocycles. The van der Waals surface area contributed by atoms with Gasteiger partial charge in [-0.25, -0.2) is 4.39 Å². The largest absolute Gasteiger partial charge is 0.303 e. The molecule has 0 unspecified atom stereocenters. The van der Waals surface area contributed by atoms with Crippen molar-refractivity contribution in [1.82, 2.24) is 0 Å². The maximum absolute atomic E-state index is 13.1. The van der Waals surface area contributed by atoms with Crippen molar-refractivity contribution < 1.29 is 9.18 Å². The second kappa shape index (κ2) is 8.78. The maximum Gasteiger partial charge on any atom is 0.123 e. The smallest absolute Gasteiger partial charge is 0.123 e. The van der Waals surface area contributed by atoms with E-state index in [0.29, 0.717) is 5.92 Å². The van der Waals surface area contributed by atoms with E-state index in [-0.39, 0.29) is 5.82 Å². The Kier molecular flexibility index (Phi) is 6.45. The summed E-state index contributed by atoms with van der Waals surface area (Å²) in [5.74, 6) is 3.23. The number of aldehydes is 1. The van der Waals surface area contributed by atoms with Crippen LogP contribution in [0.3, 0.4) is 0 Å². The lowest BCUT2D eigenvalue weighted by Crippen LogP contribution is -2.25. The van der Waals surface area contributed by atoms with Gasteiger partial charge >= 0.3 is 0 Å². The molecule has 1 nitrogen and oxygen atoms in total. The highest BCUT2D eigenvalue weighted by Crippen LogP contribution is 2.44. The van der Waals surface area contributed by atoms with Gasteiger partial charge in [0.1, 0.15) is 12.1 Å². The van der Waals surface area contributed by atoms with Crippen LogP contribution in [-0.4, -0.2) is 6.29 Å². The van der Waals surface area contributed by atoms with Gasteiger partial charge in [-0.15, -0.1) is 0 Å². The van der Waals surface area contributed by atoms with Crippen molar-refractivity contribution in [3.05, 3.63) is 35.6 Å². The fourth-order valence-electron chi connectivity index (χ4n) is 5.10. The molecule has 0 aromatic heterocycles. The molecule has 1 aromatic carbocycles. The lowest BCUT2D eigenvalue weighted by molar-refractivity contribution is -0.108. The van der Waals surface area contributed by atoms with Crippen molar-refractivity contribution in [2.75, 3.05) is 0 Å². The molecule has 132 valence electrons. The molecule has 2 fully saturated rings. The molecule has 0 spiro atoms. The van der Waals surface area contributed by atoms with Crippen molar-refractivity contribution in [2.45, 2.75) is 76.5 Å². The van der Waals surface area contributed by atoms with Gasteiger partial charge in [0.05, 0.1) is 0 Å². The Morgan fingerprint density at radius 1 is 0.875 bits per heavy atom. The van der Waals surface area contributed by atoms with Crippen LogP contribution in [0.4, 0.5) is 4.39 Å². The average Bonchev–Trinajstić information content (AvgIpc) is 2.63. The van der Waals surface area contributed by atoms with Crippen LogP contribution in [-0.2, 0) is 4.79 Å². The number of benzene rings is 1. The molecule has 1 aromatic rings. The van der Waals surface area contributed by atoms with Crippen LogP contribution in [0.2, 0.25) is 0 Å². The normalized spacial score (nSPS) is 30.9. The fourth-order valence-corrected chi connectivity index (χ4v) is 5.10. The highest BCUT2D eigenvalue weighted by Gasteiger charge is 2.31. The van der Waals surface area contributed by atoms with Crippen LogP contribution < -0.4 is 0 Å². The third-order valence-corrected chi connectivity index (χ3v) is 6.61. The molecule has 2 aliphatic rings. The number of rotatable bonds is 6. The van der Waals surface area contributed by atoms with E-state index in [0.717, 1.165) is 36.9 Å². The quantitative estimate of drug-likeness (QED) is 0.443. The third kappa shape index (κ3) is 4.68. The second-order valence-electron chi connectivity index (χ2n) is 8.04. The average molecular weight is 330 g/mol. The molecule has 2 heteroatoms. The molecular formula is C22H31FO. The van der Waals surface area contributed by atoms with Gasteiger partial charge in [0, 0.05) is 6.42 Å². The molecule has 0 bridgehead atoms. The van der Waals surface area contributed by atoms with E-state index >= 15 is 0 Å². The van der Waals surface area contributed by atoms with Crippen molar-refractivity contribution in [1.29, 1.82) is 0 Å². The lowest BCUT2D eigenvalue weighted by atomic mass is 9.68. The first-order valence-electron chi connectivity index (χ1n) is 9.95. The molecule has 3 rings (SSSR count). The van der Waals surface area contributed by atoms with Crippen LogP contribution >= 0.6 is 0 Å². The summed E-state index contributed by atoms with van der Waals surface area (Å²) in [6.45, 7) is 0. The van der Waals surface area contributed by atoms with E-state index in [1.54, 1.807) is 12.1 Å². The summed E-state index contributed by atoms with van der Waals surface area (Å²) in [7, 11) is 0. The SMILES string of the molecule is O=CCCCC1CCC(C2CCC(c3ccc(F)cc3)CC2)CC1. The van der Waals surface area contributed by atoms with Gasteiger partial charge < -0.3 is 4.79 Å². The van der Waals surface area contributed by atoms with Gasteiger partial charge in [0.15, 0.2) is 0 Å². The first-order chi connectivity index (χ1) is 11.8. The van der Waals surface area contributed by atoms with Gasteiger partial charge in [-0.1, -0.05) is 31.4 Å². The molecule has 0 atom stereocenters. The van der Waals surface area contributed by atoms with Crippen molar-refractivity contribution in [2.24, 2.45) is 17.8 Å². The molecule has 2 aliphatic carbocycles. The highest BCUT2D eigenvalue weighted by atomic mass is 19.1. The van der Waals surface area contributed by atoms with E-state index < -0.39 is 0 Å². The summed E-state index contributed by atoms with van der Waals surface area (Å²) in [5.41, 5.74) is 1.33. The van der Waals surface area contributed by atoms with Gasteiger partial charge in [-0.2, -0.15) is 0 Å². The fraction of sp³-hybridized carbons (Fsp3) is 0.682. The molecular weight excluding hydrogens is 299 g/mol. The summed E-state index contributed by atoms with van der Waals surface area (Å²) in [6.07, 6.45) is 14.9. The van der Waals surface area contributed by atoms with Gasteiger partial charge in [-0.3, -0.25) is 0 Å². The number of hydrogen-bond acceptors (Lipinski definition) is 1. The van der Waals surface area contributed by atoms with Crippen molar-refractivity contribution >= 4 is 6.29 Å². The minimum absolute atomic E-state index is 0.127. The van der Waals surface area contributed by atoms with Gasteiger partial charge in [-0.05, 0) is 86.3 Å². The topological polar surface area (TPSA) is 17.1 Å². The molecule has 0 saturated heterocycles. The van der Waals surface area contributed by atoms with Crippen LogP contribution in [0.25, 0.3) is 0 Å². The molecule has 0 heterocycles. The summed E-state index contributed by atoms with van der Waals surface area (Å²) in [5, 5.41) is 0. The number of unbranched alkanes of at least 4 members (excludes halogenated alkanes) is 1. The highest BCUT2D eigenvalue weighted by molar-refractivity contribution is 5.48. The molecule has 0 radical (unpaired) electrons. The zero-order valence-corrected chi connectivity index (χ0v) is 14.8. The first kappa shape index (κ1) is 17.6. The van der Waals surface area contributed by atoms with Gasteiger partial charge in [0.25, 0.3) is 0 Å². The van der Waals surface area contributed by atoms with Crippen LogP contribution in [0.1, 0.15) is 82.1 Å². The third-order valence-electron chi connectivity index (χ3n) is 6.61. The Morgan fingerprint density at radius 3 is 2.04 bits per heavy atom. The maximum atomic E-state index is 13.1. The second-order valence-corrected chi connectivity index (χ2v) is 8.04. The number of carbonyl (C=O) groups excluding carboxylic acids is 1. The van der Waals surface area contributed by atoms with E-state index in [9.17, 15) is 9.18 Å². The minimum atomic E-state index is -0.127. The summed E-state index contributed by atoms with van der Waals surface area (Å²) < 4.78 is 13.1. The summed E-state index contributed by atoms with van der Waals surface area (Å²) in [6, 6.07) is 7.16. The number of hydrogen-bond donors (Lipinski definition) is 0. The van der Waals surface area contributed by atoms with E-state index in [1.807, 2.05) is 12.1 Å². The van der Waals surface area contributed by atoms with Gasteiger partial charge in [0.2, 0.25) is 0 Å². The van der Waals surface area contributed by atoms with Crippen LogP contribution in [0.15, 0.2) is 24.3 Å². The van der Waals surface area contributed by atoms with E-state index in [4.69, 9.17) is 0 Å². The Hall–Kier alpha value is -1.18. The number of carbonyl (C=O) groups is 1. The summed E-state index contributed by atoms with van der Waals surface area (Å²) in [4.78, 5) is 10.4. The Morgan fingerprint density at radius 2 is 1.46 bits per heavy atom. The molecule has 0 amide bonds. The van der Waals surface area contributed by atoms with Crippen molar-refractivity contribution in [3.63, 3.8) is 0 Å². The molecule has 2 saturated carbocycles. The zero-order chi connectivity index (χ0) is 16.8. The monoisotopic (exact) mass is 330 g/mol. The van der Waals surface area contributed by atoms with Crippen LogP contribution in [0, 0.1) is 23.6 Å². The summed E-state index contributed by atoms with van der Waals surface area (Å²) >= 11 is 0.